The number of benzene rings is 8. The molecule has 0 unspecified atom stereocenters. The Balaban J connectivity index is 1.21. The fourth-order valence-corrected chi connectivity index (χ4v) is 13.0. The summed E-state index contributed by atoms with van der Waals surface area (Å²) in [5, 5.41) is 7.65. The minimum atomic E-state index is -0.101. The second kappa shape index (κ2) is 11.9. The Morgan fingerprint density at radius 3 is 2.13 bits per heavy atom. The van der Waals surface area contributed by atoms with Crippen molar-refractivity contribution >= 4 is 104 Å². The first kappa shape index (κ1) is 35.1. The lowest BCUT2D eigenvalue weighted by molar-refractivity contribution is 0.332. The predicted octanol–water partition coefficient (Wildman–Crippen LogP) is 14.6. The van der Waals surface area contributed by atoms with Gasteiger partial charge in [-0.2, -0.15) is 0 Å². The molecule has 8 aromatic carbocycles. The average Bonchev–Trinajstić information content (AvgIpc) is 3.96. The van der Waals surface area contributed by atoms with Crippen molar-refractivity contribution in [3.8, 4) is 27.9 Å². The van der Waals surface area contributed by atoms with Crippen LogP contribution in [0.4, 0.5) is 11.4 Å². The van der Waals surface area contributed by atoms with Crippen LogP contribution in [0.3, 0.4) is 0 Å². The normalized spacial score (nSPS) is 15.9. The van der Waals surface area contributed by atoms with E-state index in [0.29, 0.717) is 0 Å². The van der Waals surface area contributed by atoms with Gasteiger partial charge >= 0.3 is 6.85 Å². The van der Waals surface area contributed by atoms with Crippen molar-refractivity contribution in [3.05, 3.63) is 162 Å². The third-order valence-electron chi connectivity index (χ3n) is 15.1. The van der Waals surface area contributed by atoms with Gasteiger partial charge < -0.3 is 13.8 Å². The number of furan rings is 1. The topological polar surface area (TPSA) is 21.3 Å². The Bertz CT molecular complexity index is 3790. The summed E-state index contributed by atoms with van der Waals surface area (Å²) in [6.07, 6.45) is 2.33. The SMILES string of the molecule is Cc1ccc(N2B3c4cc5oc6ccccc6c5cc4-n4c5cc6c(cc5c5c(-c7ccc8c(c7)sc7ccccc78)cc(c3c54)-c3ccccc32)C(C)(C)CCC6(C)C)cc1. The Morgan fingerprint density at radius 1 is 0.565 bits per heavy atom. The van der Waals surface area contributed by atoms with E-state index in [9.17, 15) is 0 Å². The van der Waals surface area contributed by atoms with Crippen molar-refractivity contribution in [2.75, 3.05) is 4.81 Å². The number of aromatic nitrogens is 1. The third kappa shape index (κ3) is 4.51. The molecule has 3 aromatic heterocycles. The molecule has 1 aliphatic carbocycles. The van der Waals surface area contributed by atoms with E-state index in [1.807, 2.05) is 11.3 Å². The molecule has 0 saturated heterocycles. The van der Waals surface area contributed by atoms with Gasteiger partial charge in [-0.3, -0.25) is 0 Å². The summed E-state index contributed by atoms with van der Waals surface area (Å²) in [5.74, 6) is 0. The van der Waals surface area contributed by atoms with Crippen LogP contribution in [-0.2, 0) is 10.8 Å². The van der Waals surface area contributed by atoms with Crippen LogP contribution >= 0.6 is 11.3 Å². The van der Waals surface area contributed by atoms with Crippen molar-refractivity contribution < 1.29 is 4.42 Å². The Labute approximate surface area is 364 Å². The van der Waals surface area contributed by atoms with E-state index in [0.717, 1.165) is 28.4 Å². The van der Waals surface area contributed by atoms with Crippen LogP contribution in [0.2, 0.25) is 0 Å². The molecule has 3 nitrogen and oxygen atoms in total. The van der Waals surface area contributed by atoms with Gasteiger partial charge in [0.2, 0.25) is 0 Å². The van der Waals surface area contributed by atoms with Gasteiger partial charge in [-0.15, -0.1) is 11.3 Å². The molecule has 0 atom stereocenters. The highest BCUT2D eigenvalue weighted by Gasteiger charge is 2.46. The molecule has 0 amide bonds. The van der Waals surface area contributed by atoms with Gasteiger partial charge in [-0.05, 0) is 136 Å². The number of hydrogen-bond acceptors (Lipinski definition) is 3. The highest BCUT2D eigenvalue weighted by atomic mass is 32.1. The number of rotatable bonds is 2. The van der Waals surface area contributed by atoms with E-state index < -0.39 is 0 Å². The molecule has 296 valence electrons. The smallest absolute Gasteiger partial charge is 0.333 e. The molecule has 5 heterocycles. The van der Waals surface area contributed by atoms with E-state index in [2.05, 4.69) is 190 Å². The molecule has 0 bridgehead atoms. The maximum atomic E-state index is 6.75. The molecule has 2 aliphatic heterocycles. The summed E-state index contributed by atoms with van der Waals surface area (Å²) in [7, 11) is 0. The average molecular weight is 815 g/mol. The van der Waals surface area contributed by atoms with Crippen molar-refractivity contribution in [3.63, 3.8) is 0 Å². The van der Waals surface area contributed by atoms with E-state index >= 15 is 0 Å². The van der Waals surface area contributed by atoms with Crippen LogP contribution in [0.25, 0.3) is 91.9 Å². The molecule has 11 aromatic rings. The van der Waals surface area contributed by atoms with Gasteiger partial charge in [-0.25, -0.2) is 0 Å². The van der Waals surface area contributed by atoms with Gasteiger partial charge in [0.05, 0.1) is 11.0 Å². The van der Waals surface area contributed by atoms with Gasteiger partial charge in [0, 0.05) is 64.3 Å². The fraction of sp³-hybridized carbons (Fsp3) is 0.158. The van der Waals surface area contributed by atoms with E-state index in [1.165, 1.54) is 115 Å². The molecular weight excluding hydrogens is 772 g/mol. The molecule has 0 radical (unpaired) electrons. The minimum absolute atomic E-state index is 0.0518. The highest BCUT2D eigenvalue weighted by molar-refractivity contribution is 7.25. The van der Waals surface area contributed by atoms with E-state index in [1.54, 1.807) is 0 Å². The zero-order valence-corrected chi connectivity index (χ0v) is 36.4. The fourth-order valence-electron chi connectivity index (χ4n) is 11.8. The second-order valence-electron chi connectivity index (χ2n) is 19.6. The number of hydrogen-bond donors (Lipinski definition) is 0. The number of fused-ring (bicyclic) bond motifs is 15. The van der Waals surface area contributed by atoms with Crippen LogP contribution in [-0.4, -0.2) is 11.4 Å². The zero-order chi connectivity index (χ0) is 41.4. The summed E-state index contributed by atoms with van der Waals surface area (Å²) < 4.78 is 12.1. The maximum absolute atomic E-state index is 6.75. The lowest BCUT2D eigenvalue weighted by Crippen LogP contribution is -2.60. The first-order chi connectivity index (χ1) is 30.1. The first-order valence-electron chi connectivity index (χ1n) is 22.2. The quantitative estimate of drug-likeness (QED) is 0.162. The predicted molar refractivity (Wildman–Crippen MR) is 265 cm³/mol. The highest BCUT2D eigenvalue weighted by Crippen LogP contribution is 2.53. The summed E-state index contributed by atoms with van der Waals surface area (Å²) in [6, 6.07) is 55.5. The molecule has 0 spiro atoms. The number of aryl methyl sites for hydroxylation is 1. The number of nitrogens with zero attached hydrogens (tertiary/aromatic N) is 2. The van der Waals surface area contributed by atoms with Gasteiger partial charge in [0.25, 0.3) is 0 Å². The molecule has 3 aliphatic rings. The summed E-state index contributed by atoms with van der Waals surface area (Å²) in [6.45, 7) is 11.9. The lowest BCUT2D eigenvalue weighted by Gasteiger charge is -2.42. The van der Waals surface area contributed by atoms with E-state index in [4.69, 9.17) is 4.42 Å². The molecule has 0 N–H and O–H groups in total. The standard InChI is InChI=1S/C57H43BN2OS/c1-32-18-21-34(22-19-32)60-46-15-9-6-12-35(46)41-27-39(33-20-23-38-37-14-8-11-17-51(37)62-52(38)26-33)53-42-28-43-44(57(4,5)25-24-56(43,2)3)30-47(42)59-48-29-40-36-13-7-10-16-49(36)61-50(40)31-45(48)58(60)54(41)55(53)59/h6-23,26-31H,24-25H2,1-5H3. The molecule has 0 saturated carbocycles. The molecule has 5 heteroatoms. The summed E-state index contributed by atoms with van der Waals surface area (Å²) in [4.78, 5) is 2.62. The van der Waals surface area contributed by atoms with Crippen LogP contribution in [0.15, 0.2) is 150 Å². The van der Waals surface area contributed by atoms with Crippen LogP contribution in [0, 0.1) is 6.92 Å². The van der Waals surface area contributed by atoms with Crippen molar-refractivity contribution in [1.29, 1.82) is 0 Å². The van der Waals surface area contributed by atoms with Crippen molar-refractivity contribution in [2.24, 2.45) is 0 Å². The first-order valence-corrected chi connectivity index (χ1v) is 23.0. The van der Waals surface area contributed by atoms with Crippen molar-refractivity contribution in [2.45, 2.75) is 58.3 Å². The monoisotopic (exact) mass is 814 g/mol. The second-order valence-corrected chi connectivity index (χ2v) is 20.7. The maximum Gasteiger partial charge on any atom is 0.333 e. The van der Waals surface area contributed by atoms with Gasteiger partial charge in [-0.1, -0.05) is 112 Å². The summed E-state index contributed by atoms with van der Waals surface area (Å²) in [5.41, 5.74) is 20.2. The number of anilines is 2. The van der Waals surface area contributed by atoms with Crippen molar-refractivity contribution in [1.82, 2.24) is 4.57 Å². The van der Waals surface area contributed by atoms with Crippen LogP contribution < -0.4 is 15.7 Å². The van der Waals surface area contributed by atoms with Crippen LogP contribution in [0.5, 0.6) is 0 Å². The Kier molecular flexibility index (Phi) is 6.72. The molecule has 14 rings (SSSR count). The van der Waals surface area contributed by atoms with Gasteiger partial charge in [0.1, 0.15) is 11.2 Å². The Morgan fingerprint density at radius 2 is 1.29 bits per heavy atom. The summed E-state index contributed by atoms with van der Waals surface area (Å²) >= 11 is 1.90. The minimum Gasteiger partial charge on any atom is -0.456 e. The number of para-hydroxylation sites is 2. The van der Waals surface area contributed by atoms with Crippen LogP contribution in [0.1, 0.15) is 57.2 Å². The molecule has 0 fully saturated rings. The lowest BCUT2D eigenvalue weighted by atomic mass is 9.43. The zero-order valence-electron chi connectivity index (χ0n) is 35.6. The van der Waals surface area contributed by atoms with E-state index in [-0.39, 0.29) is 17.7 Å². The Hall–Kier alpha value is -6.56. The molecule has 62 heavy (non-hydrogen) atoms. The third-order valence-corrected chi connectivity index (χ3v) is 16.2. The number of thiophene rings is 1. The molecular formula is C57H43BN2OS. The largest absolute Gasteiger partial charge is 0.456 e. The van der Waals surface area contributed by atoms with Gasteiger partial charge in [0.15, 0.2) is 0 Å².